The number of likely N-dealkylation sites (N-methyl/N-ethyl adjacent to an activating group) is 1. The van der Waals surface area contributed by atoms with Crippen LogP contribution < -0.4 is 0 Å². The molecule has 2 aromatic rings. The molecule has 5 nitrogen and oxygen atoms in total. The van der Waals surface area contributed by atoms with Gasteiger partial charge < -0.3 is 14.2 Å². The van der Waals surface area contributed by atoms with E-state index in [-0.39, 0.29) is 5.91 Å². The summed E-state index contributed by atoms with van der Waals surface area (Å²) >= 11 is 0. The van der Waals surface area contributed by atoms with Gasteiger partial charge in [-0.2, -0.15) is 0 Å². The van der Waals surface area contributed by atoms with Crippen molar-refractivity contribution in [2.45, 2.75) is 44.7 Å². The van der Waals surface area contributed by atoms with Gasteiger partial charge >= 0.3 is 0 Å². The molecule has 0 aromatic carbocycles. The predicted molar refractivity (Wildman–Crippen MR) is 88.5 cm³/mol. The minimum Gasteiger partial charge on any atom is -0.449 e. The highest BCUT2D eigenvalue weighted by molar-refractivity contribution is 5.95. The van der Waals surface area contributed by atoms with Crippen LogP contribution >= 0.6 is 0 Å². The SMILES string of the molecule is Cc1ccc2oc(C(=O)N3CCC[C@H]3[C@@H]3CCCN3C)cc2n1. The van der Waals surface area contributed by atoms with Crippen molar-refractivity contribution in [3.05, 3.63) is 29.7 Å². The van der Waals surface area contributed by atoms with Crippen LogP contribution in [0.25, 0.3) is 11.1 Å². The Bertz CT molecular complexity index is 739. The molecule has 4 heterocycles. The van der Waals surface area contributed by atoms with Gasteiger partial charge in [-0.15, -0.1) is 0 Å². The lowest BCUT2D eigenvalue weighted by Crippen LogP contribution is -2.47. The van der Waals surface area contributed by atoms with Gasteiger partial charge in [-0.1, -0.05) is 0 Å². The summed E-state index contributed by atoms with van der Waals surface area (Å²) in [4.78, 5) is 21.8. The summed E-state index contributed by atoms with van der Waals surface area (Å²) in [7, 11) is 2.17. The number of aryl methyl sites for hydroxylation is 1. The van der Waals surface area contributed by atoms with Crippen LogP contribution in [-0.4, -0.2) is 52.9 Å². The molecule has 2 saturated heterocycles. The van der Waals surface area contributed by atoms with E-state index in [1.807, 2.05) is 24.0 Å². The number of carbonyl (C=O) groups is 1. The molecule has 2 atom stereocenters. The van der Waals surface area contributed by atoms with E-state index in [9.17, 15) is 4.79 Å². The van der Waals surface area contributed by atoms with E-state index >= 15 is 0 Å². The standard InChI is InChI=1S/C18H23N3O2/c1-12-7-8-16-13(19-12)11-17(23-16)18(22)21-10-4-6-15(21)14-5-3-9-20(14)2/h7-8,11,14-15H,3-6,9-10H2,1-2H3/t14-,15-/m0/s1. The summed E-state index contributed by atoms with van der Waals surface area (Å²) in [6.45, 7) is 3.91. The number of carbonyl (C=O) groups excluding carboxylic acids is 1. The second kappa shape index (κ2) is 5.64. The van der Waals surface area contributed by atoms with Crippen LogP contribution in [-0.2, 0) is 0 Å². The number of aromatic nitrogens is 1. The monoisotopic (exact) mass is 313 g/mol. The van der Waals surface area contributed by atoms with Crippen molar-refractivity contribution < 1.29 is 9.21 Å². The Kier molecular flexibility index (Phi) is 3.60. The fourth-order valence-corrected chi connectivity index (χ4v) is 4.14. The smallest absolute Gasteiger partial charge is 0.289 e. The van der Waals surface area contributed by atoms with Crippen LogP contribution in [0.1, 0.15) is 41.9 Å². The summed E-state index contributed by atoms with van der Waals surface area (Å²) < 4.78 is 5.77. The summed E-state index contributed by atoms with van der Waals surface area (Å²) in [5, 5.41) is 0. The molecule has 1 amide bonds. The number of nitrogens with zero attached hydrogens (tertiary/aromatic N) is 3. The highest BCUT2D eigenvalue weighted by atomic mass is 16.3. The average Bonchev–Trinajstić information content (AvgIpc) is 3.23. The summed E-state index contributed by atoms with van der Waals surface area (Å²) in [6, 6.07) is 6.40. The van der Waals surface area contributed by atoms with Gasteiger partial charge in [-0.05, 0) is 58.3 Å². The van der Waals surface area contributed by atoms with Gasteiger partial charge in [0.05, 0.1) is 0 Å². The van der Waals surface area contributed by atoms with Gasteiger partial charge in [0.15, 0.2) is 11.3 Å². The molecule has 2 aliphatic rings. The number of likely N-dealkylation sites (tertiary alicyclic amines) is 2. The maximum absolute atomic E-state index is 13.0. The van der Waals surface area contributed by atoms with Crippen molar-refractivity contribution in [1.29, 1.82) is 0 Å². The molecule has 0 radical (unpaired) electrons. The number of fused-ring (bicyclic) bond motifs is 1. The molecular formula is C18H23N3O2. The van der Waals surface area contributed by atoms with Crippen molar-refractivity contribution in [2.24, 2.45) is 0 Å². The van der Waals surface area contributed by atoms with Crippen molar-refractivity contribution in [3.63, 3.8) is 0 Å². The van der Waals surface area contributed by atoms with Crippen LogP contribution in [0.15, 0.2) is 22.6 Å². The molecule has 0 saturated carbocycles. The summed E-state index contributed by atoms with van der Waals surface area (Å²) in [5.74, 6) is 0.439. The van der Waals surface area contributed by atoms with E-state index in [0.29, 0.717) is 23.4 Å². The number of pyridine rings is 1. The van der Waals surface area contributed by atoms with Crippen LogP contribution in [0.5, 0.6) is 0 Å². The minimum absolute atomic E-state index is 0.0171. The highest BCUT2D eigenvalue weighted by Gasteiger charge is 2.39. The predicted octanol–water partition coefficient (Wildman–Crippen LogP) is 2.84. The molecule has 2 aliphatic heterocycles. The largest absolute Gasteiger partial charge is 0.449 e. The second-order valence-electron chi connectivity index (χ2n) is 6.84. The lowest BCUT2D eigenvalue weighted by molar-refractivity contribution is 0.0635. The van der Waals surface area contributed by atoms with Crippen LogP contribution in [0.4, 0.5) is 0 Å². The average molecular weight is 313 g/mol. The van der Waals surface area contributed by atoms with Crippen LogP contribution in [0.3, 0.4) is 0 Å². The lowest BCUT2D eigenvalue weighted by atomic mass is 10.0. The Balaban J connectivity index is 1.61. The second-order valence-corrected chi connectivity index (χ2v) is 6.84. The third-order valence-electron chi connectivity index (χ3n) is 5.30. The van der Waals surface area contributed by atoms with Gasteiger partial charge in [0.2, 0.25) is 0 Å². The number of amides is 1. The van der Waals surface area contributed by atoms with E-state index in [1.54, 1.807) is 6.07 Å². The molecule has 2 fully saturated rings. The first-order chi connectivity index (χ1) is 11.1. The summed E-state index contributed by atoms with van der Waals surface area (Å²) in [5.41, 5.74) is 2.39. The first kappa shape index (κ1) is 14.7. The molecule has 0 aliphatic carbocycles. The molecule has 5 heteroatoms. The molecule has 122 valence electrons. The van der Waals surface area contributed by atoms with Gasteiger partial charge in [0, 0.05) is 30.4 Å². The quantitative estimate of drug-likeness (QED) is 0.855. The third-order valence-corrected chi connectivity index (χ3v) is 5.30. The first-order valence-corrected chi connectivity index (χ1v) is 8.52. The van der Waals surface area contributed by atoms with Crippen molar-refractivity contribution in [3.8, 4) is 0 Å². The zero-order valence-electron chi connectivity index (χ0n) is 13.8. The molecule has 0 unspecified atom stereocenters. The van der Waals surface area contributed by atoms with Crippen LogP contribution in [0, 0.1) is 6.92 Å². The molecule has 2 aromatic heterocycles. The number of rotatable bonds is 2. The molecular weight excluding hydrogens is 290 g/mol. The molecule has 0 bridgehead atoms. The number of furan rings is 1. The maximum Gasteiger partial charge on any atom is 0.289 e. The van der Waals surface area contributed by atoms with E-state index in [4.69, 9.17) is 4.42 Å². The minimum atomic E-state index is 0.0171. The Hall–Kier alpha value is -1.88. The Morgan fingerprint density at radius 2 is 2.00 bits per heavy atom. The first-order valence-electron chi connectivity index (χ1n) is 8.52. The Morgan fingerprint density at radius 3 is 2.78 bits per heavy atom. The fraction of sp³-hybridized carbons (Fsp3) is 0.556. The molecule has 23 heavy (non-hydrogen) atoms. The zero-order valence-corrected chi connectivity index (χ0v) is 13.8. The Labute approximate surface area is 136 Å². The van der Waals surface area contributed by atoms with Gasteiger partial charge in [0.25, 0.3) is 5.91 Å². The maximum atomic E-state index is 13.0. The third kappa shape index (κ3) is 2.53. The Morgan fingerprint density at radius 1 is 1.22 bits per heavy atom. The fourth-order valence-electron chi connectivity index (χ4n) is 4.14. The van der Waals surface area contributed by atoms with Gasteiger partial charge in [0.1, 0.15) is 5.52 Å². The molecule has 0 spiro atoms. The van der Waals surface area contributed by atoms with Crippen LogP contribution in [0.2, 0.25) is 0 Å². The number of hydrogen-bond acceptors (Lipinski definition) is 4. The van der Waals surface area contributed by atoms with E-state index in [1.165, 1.54) is 12.8 Å². The normalized spacial score (nSPS) is 25.6. The zero-order chi connectivity index (χ0) is 16.0. The lowest BCUT2D eigenvalue weighted by Gasteiger charge is -2.32. The van der Waals surface area contributed by atoms with E-state index in [0.717, 1.165) is 37.1 Å². The highest BCUT2D eigenvalue weighted by Crippen LogP contribution is 2.31. The topological polar surface area (TPSA) is 49.6 Å². The van der Waals surface area contributed by atoms with E-state index < -0.39 is 0 Å². The van der Waals surface area contributed by atoms with Crippen molar-refractivity contribution in [2.75, 3.05) is 20.1 Å². The summed E-state index contributed by atoms with van der Waals surface area (Å²) in [6.07, 6.45) is 4.59. The van der Waals surface area contributed by atoms with Crippen molar-refractivity contribution in [1.82, 2.24) is 14.8 Å². The number of hydrogen-bond donors (Lipinski definition) is 0. The molecule has 4 rings (SSSR count). The van der Waals surface area contributed by atoms with Gasteiger partial charge in [-0.25, -0.2) is 4.98 Å². The van der Waals surface area contributed by atoms with Gasteiger partial charge in [-0.3, -0.25) is 4.79 Å². The van der Waals surface area contributed by atoms with Crippen molar-refractivity contribution >= 4 is 17.0 Å². The molecule has 0 N–H and O–H groups in total. The van der Waals surface area contributed by atoms with E-state index in [2.05, 4.69) is 16.9 Å².